The minimum atomic E-state index is 0.202. The van der Waals surface area contributed by atoms with E-state index < -0.39 is 0 Å². The number of rotatable bonds is 3. The van der Waals surface area contributed by atoms with Crippen molar-refractivity contribution in [2.24, 2.45) is 0 Å². The Kier molecular flexibility index (Phi) is 2.58. The van der Waals surface area contributed by atoms with Gasteiger partial charge in [0.15, 0.2) is 5.78 Å². The van der Waals surface area contributed by atoms with Gasteiger partial charge in [-0.15, -0.1) is 0 Å². The van der Waals surface area contributed by atoms with Gasteiger partial charge in [-0.3, -0.25) is 4.79 Å². The molecule has 0 fully saturated rings. The molecule has 1 aliphatic carbocycles. The van der Waals surface area contributed by atoms with Gasteiger partial charge >= 0.3 is 0 Å². The van der Waals surface area contributed by atoms with Crippen molar-refractivity contribution in [3.63, 3.8) is 0 Å². The zero-order valence-corrected chi connectivity index (χ0v) is 8.88. The molecule has 78 valence electrons. The molecule has 1 aromatic carbocycles. The van der Waals surface area contributed by atoms with Gasteiger partial charge in [0.2, 0.25) is 0 Å². The molecule has 0 spiro atoms. The van der Waals surface area contributed by atoms with Crippen LogP contribution in [-0.2, 0) is 6.42 Å². The minimum Gasteiger partial charge on any atom is -0.489 e. The van der Waals surface area contributed by atoms with Gasteiger partial charge in [0.1, 0.15) is 12.4 Å². The Morgan fingerprint density at radius 2 is 2.27 bits per heavy atom. The number of carbonyl (C=O) groups is 1. The van der Waals surface area contributed by atoms with Crippen LogP contribution < -0.4 is 4.74 Å². The Hall–Kier alpha value is -1.57. The predicted molar refractivity (Wildman–Crippen MR) is 59.5 cm³/mol. The molecule has 2 nitrogen and oxygen atoms in total. The maximum Gasteiger partial charge on any atom is 0.167 e. The molecule has 2 rings (SSSR count). The van der Waals surface area contributed by atoms with Crippen molar-refractivity contribution >= 4 is 5.78 Å². The maximum atomic E-state index is 11.7. The summed E-state index contributed by atoms with van der Waals surface area (Å²) in [6.45, 7) is 6.08. The first-order valence-corrected chi connectivity index (χ1v) is 5.13. The Morgan fingerprint density at radius 1 is 1.47 bits per heavy atom. The Balaban J connectivity index is 2.44. The van der Waals surface area contributed by atoms with Gasteiger partial charge in [-0.25, -0.2) is 0 Å². The van der Waals surface area contributed by atoms with Crippen molar-refractivity contribution in [3.05, 3.63) is 41.5 Å². The standard InChI is InChI=1S/C13H14O2/c1-3-8-15-12-7-4-9(2)10-5-6-11(14)13(10)12/h3-4,7H,1,5-6,8H2,2H3. The average molecular weight is 202 g/mol. The van der Waals surface area contributed by atoms with Crippen LogP contribution in [0.3, 0.4) is 0 Å². The summed E-state index contributed by atoms with van der Waals surface area (Å²) in [7, 11) is 0. The molecule has 0 amide bonds. The molecule has 0 aliphatic heterocycles. The number of ether oxygens (including phenoxy) is 1. The summed E-state index contributed by atoms with van der Waals surface area (Å²) in [5.74, 6) is 0.908. The number of ketones is 1. The van der Waals surface area contributed by atoms with Crippen LogP contribution in [0, 0.1) is 6.92 Å². The third kappa shape index (κ3) is 1.67. The minimum absolute atomic E-state index is 0.202. The second-order valence-corrected chi connectivity index (χ2v) is 3.76. The Morgan fingerprint density at radius 3 is 3.00 bits per heavy atom. The highest BCUT2D eigenvalue weighted by atomic mass is 16.5. The van der Waals surface area contributed by atoms with Crippen LogP contribution in [0.2, 0.25) is 0 Å². The topological polar surface area (TPSA) is 26.3 Å². The number of hydrogen-bond donors (Lipinski definition) is 0. The van der Waals surface area contributed by atoms with E-state index in [1.807, 2.05) is 19.1 Å². The van der Waals surface area contributed by atoms with Crippen LogP contribution in [0.4, 0.5) is 0 Å². The number of aryl methyl sites for hydroxylation is 1. The fourth-order valence-corrected chi connectivity index (χ4v) is 1.99. The van der Waals surface area contributed by atoms with Gasteiger partial charge in [-0.1, -0.05) is 18.7 Å². The van der Waals surface area contributed by atoms with E-state index in [0.29, 0.717) is 18.8 Å². The smallest absolute Gasteiger partial charge is 0.167 e. The lowest BCUT2D eigenvalue weighted by Gasteiger charge is -2.10. The number of carbonyl (C=O) groups excluding carboxylic acids is 1. The fraction of sp³-hybridized carbons (Fsp3) is 0.308. The molecule has 0 atom stereocenters. The van der Waals surface area contributed by atoms with Crippen LogP contribution >= 0.6 is 0 Å². The quantitative estimate of drug-likeness (QED) is 0.704. The number of fused-ring (bicyclic) bond motifs is 1. The monoisotopic (exact) mass is 202 g/mol. The molecule has 0 saturated heterocycles. The summed E-state index contributed by atoms with van der Waals surface area (Å²) >= 11 is 0. The van der Waals surface area contributed by atoms with E-state index in [9.17, 15) is 4.79 Å². The van der Waals surface area contributed by atoms with Crippen LogP contribution in [0.1, 0.15) is 27.9 Å². The van der Waals surface area contributed by atoms with Crippen molar-refractivity contribution in [1.82, 2.24) is 0 Å². The fourth-order valence-electron chi connectivity index (χ4n) is 1.99. The first-order chi connectivity index (χ1) is 7.24. The van der Waals surface area contributed by atoms with Crippen molar-refractivity contribution < 1.29 is 9.53 Å². The summed E-state index contributed by atoms with van der Waals surface area (Å²) in [5.41, 5.74) is 3.13. The zero-order chi connectivity index (χ0) is 10.8. The van der Waals surface area contributed by atoms with E-state index in [-0.39, 0.29) is 5.78 Å². The van der Waals surface area contributed by atoms with Crippen molar-refractivity contribution in [3.8, 4) is 5.75 Å². The highest BCUT2D eigenvalue weighted by molar-refractivity contribution is 6.03. The number of hydrogen-bond acceptors (Lipinski definition) is 2. The highest BCUT2D eigenvalue weighted by Crippen LogP contribution is 2.32. The van der Waals surface area contributed by atoms with Gasteiger partial charge in [0.25, 0.3) is 0 Å². The molecule has 0 saturated carbocycles. The number of benzene rings is 1. The Bertz CT molecular complexity index is 419. The molecule has 2 heteroatoms. The largest absolute Gasteiger partial charge is 0.489 e. The number of Topliss-reactive ketones (excluding diaryl/α,β-unsaturated/α-hetero) is 1. The van der Waals surface area contributed by atoms with Crippen LogP contribution in [-0.4, -0.2) is 12.4 Å². The molecule has 0 radical (unpaired) electrons. The first kappa shape index (κ1) is 9.97. The van der Waals surface area contributed by atoms with E-state index in [0.717, 1.165) is 17.5 Å². The predicted octanol–water partition coefficient (Wildman–Crippen LogP) is 2.69. The highest BCUT2D eigenvalue weighted by Gasteiger charge is 2.25. The molecule has 1 aliphatic rings. The lowest BCUT2D eigenvalue weighted by molar-refractivity contribution is 0.0991. The summed E-state index contributed by atoms with van der Waals surface area (Å²) in [6.07, 6.45) is 3.15. The lowest BCUT2D eigenvalue weighted by Crippen LogP contribution is -2.01. The zero-order valence-electron chi connectivity index (χ0n) is 8.88. The summed E-state index contributed by atoms with van der Waals surface area (Å²) in [6, 6.07) is 3.89. The normalized spacial score (nSPS) is 13.8. The summed E-state index contributed by atoms with van der Waals surface area (Å²) in [4.78, 5) is 11.7. The van der Waals surface area contributed by atoms with Gasteiger partial charge in [-0.2, -0.15) is 0 Å². The van der Waals surface area contributed by atoms with Crippen molar-refractivity contribution in [1.29, 1.82) is 0 Å². The van der Waals surface area contributed by atoms with E-state index >= 15 is 0 Å². The molecule has 0 N–H and O–H groups in total. The molecular weight excluding hydrogens is 188 g/mol. The Labute approximate surface area is 89.6 Å². The SMILES string of the molecule is C=CCOc1ccc(C)c2c1C(=O)CC2. The third-order valence-electron chi connectivity index (χ3n) is 2.75. The molecule has 0 aromatic heterocycles. The first-order valence-electron chi connectivity index (χ1n) is 5.13. The molecule has 15 heavy (non-hydrogen) atoms. The van der Waals surface area contributed by atoms with E-state index in [4.69, 9.17) is 4.74 Å². The average Bonchev–Trinajstić information content (AvgIpc) is 2.61. The maximum absolute atomic E-state index is 11.7. The van der Waals surface area contributed by atoms with Gasteiger partial charge in [-0.05, 0) is 30.5 Å². The molecule has 0 heterocycles. The van der Waals surface area contributed by atoms with Crippen LogP contribution in [0.25, 0.3) is 0 Å². The van der Waals surface area contributed by atoms with Crippen LogP contribution in [0.15, 0.2) is 24.8 Å². The van der Waals surface area contributed by atoms with Gasteiger partial charge in [0, 0.05) is 6.42 Å². The second kappa shape index (κ2) is 3.89. The van der Waals surface area contributed by atoms with Crippen molar-refractivity contribution in [2.75, 3.05) is 6.61 Å². The van der Waals surface area contributed by atoms with E-state index in [2.05, 4.69) is 6.58 Å². The van der Waals surface area contributed by atoms with Crippen molar-refractivity contribution in [2.45, 2.75) is 19.8 Å². The summed E-state index contributed by atoms with van der Waals surface area (Å²) < 4.78 is 5.48. The lowest BCUT2D eigenvalue weighted by atomic mass is 10.0. The second-order valence-electron chi connectivity index (χ2n) is 3.76. The van der Waals surface area contributed by atoms with Gasteiger partial charge < -0.3 is 4.74 Å². The van der Waals surface area contributed by atoms with Crippen LogP contribution in [0.5, 0.6) is 5.75 Å². The van der Waals surface area contributed by atoms with E-state index in [1.165, 1.54) is 5.56 Å². The van der Waals surface area contributed by atoms with Gasteiger partial charge in [0.05, 0.1) is 5.56 Å². The summed E-state index contributed by atoms with van der Waals surface area (Å²) in [5, 5.41) is 0. The molecule has 0 unspecified atom stereocenters. The molecule has 0 bridgehead atoms. The molecular formula is C13H14O2. The van der Waals surface area contributed by atoms with E-state index in [1.54, 1.807) is 6.08 Å². The third-order valence-corrected chi connectivity index (χ3v) is 2.75. The molecule has 1 aromatic rings.